The lowest BCUT2D eigenvalue weighted by atomic mass is 10.1. The summed E-state index contributed by atoms with van der Waals surface area (Å²) in [6, 6.07) is -0.300. The molecule has 5 nitrogen and oxygen atoms in total. The zero-order valence-electron chi connectivity index (χ0n) is 10.3. The van der Waals surface area contributed by atoms with Gasteiger partial charge in [0, 0.05) is 12.5 Å². The van der Waals surface area contributed by atoms with Crippen LogP contribution in [0.4, 0.5) is 0 Å². The Labute approximate surface area is 96.4 Å². The molecule has 0 radical (unpaired) electrons. The van der Waals surface area contributed by atoms with Crippen molar-refractivity contribution in [2.24, 2.45) is 5.73 Å². The zero-order valence-corrected chi connectivity index (χ0v) is 10.3. The highest BCUT2D eigenvalue weighted by Gasteiger charge is 2.17. The smallest absolute Gasteiger partial charge is 0.229 e. The van der Waals surface area contributed by atoms with Crippen LogP contribution in [0, 0.1) is 0 Å². The Kier molecular flexibility index (Phi) is 5.42. The third kappa shape index (κ3) is 3.57. The molecule has 0 aliphatic heterocycles. The molecule has 0 aliphatic rings. The van der Waals surface area contributed by atoms with Crippen LogP contribution < -0.4 is 5.73 Å². The second kappa shape index (κ2) is 6.60. The minimum Gasteiger partial charge on any atom is -0.380 e. The van der Waals surface area contributed by atoms with Crippen LogP contribution in [-0.2, 0) is 4.74 Å². The van der Waals surface area contributed by atoms with Gasteiger partial charge in [0.2, 0.25) is 5.89 Å². The van der Waals surface area contributed by atoms with E-state index >= 15 is 0 Å². The Hall–Kier alpha value is -0.940. The second-order valence-corrected chi connectivity index (χ2v) is 3.95. The van der Waals surface area contributed by atoms with Crippen LogP contribution in [0.2, 0.25) is 0 Å². The highest BCUT2D eigenvalue weighted by molar-refractivity contribution is 4.96. The van der Waals surface area contributed by atoms with Crippen molar-refractivity contribution < 1.29 is 9.26 Å². The molecule has 0 fully saturated rings. The molecule has 2 N–H and O–H groups in total. The van der Waals surface area contributed by atoms with Crippen molar-refractivity contribution in [3.8, 4) is 0 Å². The topological polar surface area (TPSA) is 74.2 Å². The molecule has 0 saturated carbocycles. The normalized spacial score (nSPS) is 15.0. The molecule has 0 saturated heterocycles. The molecular formula is C11H21N3O2. The van der Waals surface area contributed by atoms with E-state index in [9.17, 15) is 0 Å². The Bertz CT molecular complexity index is 301. The Morgan fingerprint density at radius 1 is 1.44 bits per heavy atom. The lowest BCUT2D eigenvalue weighted by Gasteiger charge is -2.06. The van der Waals surface area contributed by atoms with E-state index in [1.807, 2.05) is 6.92 Å². The Morgan fingerprint density at radius 3 is 2.81 bits per heavy atom. The zero-order chi connectivity index (χ0) is 12.0. The van der Waals surface area contributed by atoms with E-state index in [-0.39, 0.29) is 6.04 Å². The average Bonchev–Trinajstić information content (AvgIpc) is 2.75. The van der Waals surface area contributed by atoms with Crippen molar-refractivity contribution >= 4 is 0 Å². The van der Waals surface area contributed by atoms with Gasteiger partial charge in [-0.1, -0.05) is 25.4 Å². The van der Waals surface area contributed by atoms with E-state index in [4.69, 9.17) is 15.0 Å². The minimum atomic E-state index is -0.300. The van der Waals surface area contributed by atoms with E-state index in [0.717, 1.165) is 12.8 Å². The van der Waals surface area contributed by atoms with Gasteiger partial charge in [0.1, 0.15) is 0 Å². The van der Waals surface area contributed by atoms with Crippen molar-refractivity contribution in [1.82, 2.24) is 10.1 Å². The summed E-state index contributed by atoms with van der Waals surface area (Å²) in [6.45, 7) is 7.21. The van der Waals surface area contributed by atoms with Gasteiger partial charge in [-0.25, -0.2) is 0 Å². The van der Waals surface area contributed by atoms with Crippen LogP contribution in [0.5, 0.6) is 0 Å². The number of aromatic nitrogens is 2. The monoisotopic (exact) mass is 227 g/mol. The van der Waals surface area contributed by atoms with Gasteiger partial charge in [0.25, 0.3) is 0 Å². The molecule has 0 aromatic carbocycles. The molecule has 0 spiro atoms. The Balaban J connectivity index is 2.56. The number of hydrogen-bond acceptors (Lipinski definition) is 5. The third-order valence-corrected chi connectivity index (χ3v) is 2.43. The molecule has 16 heavy (non-hydrogen) atoms. The number of hydrogen-bond donors (Lipinski definition) is 1. The number of rotatable bonds is 7. The van der Waals surface area contributed by atoms with Gasteiger partial charge >= 0.3 is 0 Å². The van der Waals surface area contributed by atoms with Crippen molar-refractivity contribution in [3.63, 3.8) is 0 Å². The van der Waals surface area contributed by atoms with Gasteiger partial charge in [-0.15, -0.1) is 0 Å². The molecule has 5 heteroatoms. The highest BCUT2D eigenvalue weighted by atomic mass is 16.5. The lowest BCUT2D eigenvalue weighted by molar-refractivity contribution is 0.130. The maximum absolute atomic E-state index is 5.86. The highest BCUT2D eigenvalue weighted by Crippen LogP contribution is 2.19. The van der Waals surface area contributed by atoms with Crippen molar-refractivity contribution in [2.75, 3.05) is 13.2 Å². The van der Waals surface area contributed by atoms with Crippen LogP contribution in [0.3, 0.4) is 0 Å². The van der Waals surface area contributed by atoms with Gasteiger partial charge in [-0.05, 0) is 13.3 Å². The van der Waals surface area contributed by atoms with E-state index in [1.165, 1.54) is 0 Å². The van der Waals surface area contributed by atoms with Gasteiger partial charge in [-0.2, -0.15) is 4.98 Å². The largest absolute Gasteiger partial charge is 0.380 e. The fourth-order valence-electron chi connectivity index (χ4n) is 1.47. The predicted molar refractivity (Wildman–Crippen MR) is 61.0 cm³/mol. The summed E-state index contributed by atoms with van der Waals surface area (Å²) in [6.07, 6.45) is 2.15. The first-order valence-corrected chi connectivity index (χ1v) is 5.85. The lowest BCUT2D eigenvalue weighted by Crippen LogP contribution is -2.18. The summed E-state index contributed by atoms with van der Waals surface area (Å²) < 4.78 is 10.4. The molecule has 0 amide bonds. The molecule has 1 rings (SSSR count). The third-order valence-electron chi connectivity index (χ3n) is 2.43. The quantitative estimate of drug-likeness (QED) is 0.771. The van der Waals surface area contributed by atoms with Crippen LogP contribution in [0.25, 0.3) is 0 Å². The number of nitrogens with zero attached hydrogens (tertiary/aromatic N) is 2. The minimum absolute atomic E-state index is 0.297. The van der Waals surface area contributed by atoms with Crippen molar-refractivity contribution in [2.45, 2.75) is 45.6 Å². The molecule has 2 unspecified atom stereocenters. The molecular weight excluding hydrogens is 206 g/mol. The maximum atomic E-state index is 5.86. The van der Waals surface area contributed by atoms with Crippen molar-refractivity contribution in [3.05, 3.63) is 11.7 Å². The van der Waals surface area contributed by atoms with Crippen LogP contribution in [0.15, 0.2) is 4.52 Å². The maximum Gasteiger partial charge on any atom is 0.229 e. The van der Waals surface area contributed by atoms with E-state index in [0.29, 0.717) is 30.8 Å². The van der Waals surface area contributed by atoms with Crippen LogP contribution >= 0.6 is 0 Å². The predicted octanol–water partition coefficient (Wildman–Crippen LogP) is 2.01. The molecule has 1 aromatic rings. The molecule has 0 aliphatic carbocycles. The average molecular weight is 227 g/mol. The molecule has 2 atom stereocenters. The molecule has 1 heterocycles. The van der Waals surface area contributed by atoms with Crippen molar-refractivity contribution in [1.29, 1.82) is 0 Å². The SMILES string of the molecule is CCCC(C)c1nc(C(N)COCC)no1. The van der Waals surface area contributed by atoms with Gasteiger partial charge in [0.05, 0.1) is 12.6 Å². The van der Waals surface area contributed by atoms with Crippen LogP contribution in [0.1, 0.15) is 57.3 Å². The van der Waals surface area contributed by atoms with Gasteiger partial charge < -0.3 is 15.0 Å². The van der Waals surface area contributed by atoms with E-state index in [1.54, 1.807) is 0 Å². The first kappa shape index (κ1) is 13.1. The first-order chi connectivity index (χ1) is 7.69. The fourth-order valence-corrected chi connectivity index (χ4v) is 1.47. The fraction of sp³-hybridized carbons (Fsp3) is 0.818. The second-order valence-electron chi connectivity index (χ2n) is 3.95. The summed E-state index contributed by atoms with van der Waals surface area (Å²) in [5, 5.41) is 3.88. The van der Waals surface area contributed by atoms with E-state index < -0.39 is 0 Å². The summed E-state index contributed by atoms with van der Waals surface area (Å²) in [7, 11) is 0. The standard InChI is InChI=1S/C11H21N3O2/c1-4-6-8(3)11-13-10(14-16-11)9(12)7-15-5-2/h8-9H,4-7,12H2,1-3H3. The number of nitrogens with two attached hydrogens (primary N) is 1. The molecule has 1 aromatic heterocycles. The van der Waals surface area contributed by atoms with Gasteiger partial charge in [0.15, 0.2) is 5.82 Å². The summed E-state index contributed by atoms with van der Waals surface area (Å²) >= 11 is 0. The molecule has 92 valence electrons. The number of ether oxygens (including phenoxy) is 1. The van der Waals surface area contributed by atoms with E-state index in [2.05, 4.69) is 24.0 Å². The summed E-state index contributed by atoms with van der Waals surface area (Å²) in [5.74, 6) is 1.50. The molecule has 0 bridgehead atoms. The van der Waals surface area contributed by atoms with Crippen LogP contribution in [-0.4, -0.2) is 23.4 Å². The Morgan fingerprint density at radius 2 is 2.19 bits per heavy atom. The summed E-state index contributed by atoms with van der Waals surface area (Å²) in [5.41, 5.74) is 5.86. The first-order valence-electron chi connectivity index (χ1n) is 5.85. The summed E-state index contributed by atoms with van der Waals surface area (Å²) in [4.78, 5) is 4.30. The van der Waals surface area contributed by atoms with Gasteiger partial charge in [-0.3, -0.25) is 0 Å².